The summed E-state index contributed by atoms with van der Waals surface area (Å²) in [5.74, 6) is -0.567. The number of nitrogens with zero attached hydrogens (tertiary/aromatic N) is 2. The summed E-state index contributed by atoms with van der Waals surface area (Å²) in [6, 6.07) is 1.26. The largest absolute Gasteiger partial charge is 0.338 e. The molecule has 2 aliphatic rings. The van der Waals surface area contributed by atoms with Gasteiger partial charge in [-0.2, -0.15) is 0 Å². The molecule has 1 aromatic rings. The molecule has 1 amide bonds. The van der Waals surface area contributed by atoms with E-state index in [0.29, 0.717) is 5.56 Å². The van der Waals surface area contributed by atoms with Crippen LogP contribution in [-0.2, 0) is 0 Å². The van der Waals surface area contributed by atoms with Gasteiger partial charge in [0.1, 0.15) is 5.82 Å². The molecule has 2 fully saturated rings. The summed E-state index contributed by atoms with van der Waals surface area (Å²) in [5.41, 5.74) is 0.592. The van der Waals surface area contributed by atoms with Crippen molar-refractivity contribution in [3.63, 3.8) is 0 Å². The summed E-state index contributed by atoms with van der Waals surface area (Å²) >= 11 is 0. The highest BCUT2D eigenvalue weighted by molar-refractivity contribution is 5.94. The van der Waals surface area contributed by atoms with Crippen LogP contribution in [0.3, 0.4) is 0 Å². The molecule has 3 heterocycles. The van der Waals surface area contributed by atoms with E-state index in [2.05, 4.69) is 10.3 Å². The zero-order chi connectivity index (χ0) is 12.6. The monoisotopic (exact) mass is 249 g/mol. The molecular formula is C13H16FN3O. The normalized spacial score (nSPS) is 27.1. The number of hydrogen-bond acceptors (Lipinski definition) is 3. The molecule has 1 aromatic heterocycles. The number of carbonyl (C=O) groups is 1. The number of pyridine rings is 1. The lowest BCUT2D eigenvalue weighted by Gasteiger charge is -2.22. The first-order valence-corrected chi connectivity index (χ1v) is 6.29. The summed E-state index contributed by atoms with van der Waals surface area (Å²) in [4.78, 5) is 17.8. The lowest BCUT2D eigenvalue weighted by molar-refractivity contribution is 0.0775. The third-order valence-electron chi connectivity index (χ3n) is 4.01. The second-order valence-electron chi connectivity index (χ2n) is 5.30. The van der Waals surface area contributed by atoms with Crippen LogP contribution in [0.15, 0.2) is 18.5 Å². The van der Waals surface area contributed by atoms with Gasteiger partial charge in [0.05, 0.1) is 11.8 Å². The quantitative estimate of drug-likeness (QED) is 0.809. The number of hydrogen-bond donors (Lipinski definition) is 1. The smallest absolute Gasteiger partial charge is 0.255 e. The van der Waals surface area contributed by atoms with E-state index >= 15 is 0 Å². The summed E-state index contributed by atoms with van der Waals surface area (Å²) in [7, 11) is 0. The van der Waals surface area contributed by atoms with Gasteiger partial charge < -0.3 is 10.2 Å². The number of rotatable bonds is 1. The molecule has 0 aromatic carbocycles. The van der Waals surface area contributed by atoms with Gasteiger partial charge in [-0.15, -0.1) is 0 Å². The number of amides is 1. The van der Waals surface area contributed by atoms with E-state index in [1.807, 2.05) is 4.90 Å². The predicted molar refractivity (Wildman–Crippen MR) is 64.6 cm³/mol. The maximum atomic E-state index is 13.1. The van der Waals surface area contributed by atoms with Crippen LogP contribution in [-0.4, -0.2) is 42.0 Å². The highest BCUT2D eigenvalue weighted by Gasteiger charge is 2.41. The number of halogens is 1. The van der Waals surface area contributed by atoms with Gasteiger partial charge in [-0.3, -0.25) is 9.78 Å². The van der Waals surface area contributed by atoms with Crippen LogP contribution < -0.4 is 5.32 Å². The van der Waals surface area contributed by atoms with Crippen LogP contribution in [0.5, 0.6) is 0 Å². The Labute approximate surface area is 105 Å². The molecule has 2 saturated heterocycles. The fourth-order valence-corrected chi connectivity index (χ4v) is 2.96. The van der Waals surface area contributed by atoms with E-state index < -0.39 is 5.82 Å². The van der Waals surface area contributed by atoms with Gasteiger partial charge >= 0.3 is 0 Å². The van der Waals surface area contributed by atoms with Gasteiger partial charge in [0, 0.05) is 31.2 Å². The van der Waals surface area contributed by atoms with Crippen molar-refractivity contribution in [1.29, 1.82) is 0 Å². The molecule has 96 valence electrons. The summed E-state index contributed by atoms with van der Waals surface area (Å²) in [6.45, 7) is 3.55. The third kappa shape index (κ3) is 1.99. The van der Waals surface area contributed by atoms with Crippen molar-refractivity contribution in [3.8, 4) is 0 Å². The number of carbonyl (C=O) groups excluding carboxylic acids is 1. The molecule has 3 rings (SSSR count). The van der Waals surface area contributed by atoms with E-state index in [0.717, 1.165) is 45.2 Å². The van der Waals surface area contributed by atoms with Crippen molar-refractivity contribution in [1.82, 2.24) is 15.2 Å². The minimum atomic E-state index is -0.461. The Kier molecular flexibility index (Phi) is 2.78. The lowest BCUT2D eigenvalue weighted by atomic mass is 9.86. The molecule has 5 heteroatoms. The van der Waals surface area contributed by atoms with Gasteiger partial charge in [-0.05, 0) is 25.5 Å². The van der Waals surface area contributed by atoms with Gasteiger partial charge in [0.25, 0.3) is 5.91 Å². The van der Waals surface area contributed by atoms with Crippen molar-refractivity contribution in [2.75, 3.05) is 26.2 Å². The Morgan fingerprint density at radius 1 is 1.44 bits per heavy atom. The molecule has 1 atom stereocenters. The Morgan fingerprint density at radius 2 is 2.33 bits per heavy atom. The molecule has 1 spiro atoms. The van der Waals surface area contributed by atoms with E-state index in [9.17, 15) is 9.18 Å². The molecule has 0 radical (unpaired) electrons. The summed E-state index contributed by atoms with van der Waals surface area (Å²) < 4.78 is 13.1. The van der Waals surface area contributed by atoms with Crippen LogP contribution in [0.4, 0.5) is 4.39 Å². The van der Waals surface area contributed by atoms with Gasteiger partial charge in [-0.1, -0.05) is 0 Å². The predicted octanol–water partition coefficient (Wildman–Crippen LogP) is 1.05. The first-order valence-electron chi connectivity index (χ1n) is 6.29. The second kappa shape index (κ2) is 4.31. The zero-order valence-electron chi connectivity index (χ0n) is 10.2. The highest BCUT2D eigenvalue weighted by Crippen LogP contribution is 2.36. The zero-order valence-corrected chi connectivity index (χ0v) is 10.2. The van der Waals surface area contributed by atoms with Crippen molar-refractivity contribution < 1.29 is 9.18 Å². The molecule has 0 bridgehead atoms. The van der Waals surface area contributed by atoms with E-state index in [1.165, 1.54) is 12.3 Å². The summed E-state index contributed by atoms with van der Waals surface area (Å²) in [6.07, 6.45) is 4.71. The van der Waals surface area contributed by atoms with Crippen LogP contribution in [0.2, 0.25) is 0 Å². The average molecular weight is 249 g/mol. The maximum Gasteiger partial charge on any atom is 0.255 e. The minimum absolute atomic E-state index is 0.106. The Bertz CT molecular complexity index is 471. The molecule has 4 nitrogen and oxygen atoms in total. The molecule has 18 heavy (non-hydrogen) atoms. The first kappa shape index (κ1) is 11.6. The lowest BCUT2D eigenvalue weighted by Crippen LogP contribution is -2.33. The fourth-order valence-electron chi connectivity index (χ4n) is 2.96. The molecule has 2 aliphatic heterocycles. The van der Waals surface area contributed by atoms with Crippen LogP contribution in [0, 0.1) is 11.2 Å². The van der Waals surface area contributed by atoms with Gasteiger partial charge in [0.15, 0.2) is 0 Å². The second-order valence-corrected chi connectivity index (χ2v) is 5.30. The number of likely N-dealkylation sites (tertiary alicyclic amines) is 1. The summed E-state index contributed by atoms with van der Waals surface area (Å²) in [5, 5.41) is 3.35. The van der Waals surface area contributed by atoms with Crippen LogP contribution >= 0.6 is 0 Å². The van der Waals surface area contributed by atoms with E-state index in [1.54, 1.807) is 0 Å². The van der Waals surface area contributed by atoms with Gasteiger partial charge in [-0.25, -0.2) is 4.39 Å². The Hall–Kier alpha value is -1.49. The van der Waals surface area contributed by atoms with Crippen LogP contribution in [0.1, 0.15) is 23.2 Å². The Balaban J connectivity index is 1.74. The molecule has 0 saturated carbocycles. The van der Waals surface area contributed by atoms with Crippen LogP contribution in [0.25, 0.3) is 0 Å². The first-order chi connectivity index (χ1) is 8.69. The highest BCUT2D eigenvalue weighted by atomic mass is 19.1. The Morgan fingerprint density at radius 3 is 3.06 bits per heavy atom. The minimum Gasteiger partial charge on any atom is -0.338 e. The van der Waals surface area contributed by atoms with Gasteiger partial charge in [0.2, 0.25) is 0 Å². The average Bonchev–Trinajstić information content (AvgIpc) is 3.00. The van der Waals surface area contributed by atoms with Crippen molar-refractivity contribution in [2.24, 2.45) is 5.41 Å². The topological polar surface area (TPSA) is 45.2 Å². The number of aromatic nitrogens is 1. The number of nitrogens with one attached hydrogen (secondary N) is 1. The molecule has 0 aliphatic carbocycles. The molecule has 1 unspecified atom stereocenters. The molecular weight excluding hydrogens is 233 g/mol. The van der Waals surface area contributed by atoms with E-state index in [4.69, 9.17) is 0 Å². The van der Waals surface area contributed by atoms with Crippen molar-refractivity contribution >= 4 is 5.91 Å². The maximum absolute atomic E-state index is 13.1. The van der Waals surface area contributed by atoms with Crippen molar-refractivity contribution in [3.05, 3.63) is 29.8 Å². The van der Waals surface area contributed by atoms with E-state index in [-0.39, 0.29) is 11.3 Å². The molecule has 1 N–H and O–H groups in total. The van der Waals surface area contributed by atoms with Crippen molar-refractivity contribution in [2.45, 2.75) is 12.8 Å². The standard InChI is InChI=1S/C13H16FN3O/c14-11-5-10(6-16-7-11)12(18)17-4-2-13(9-17)1-3-15-8-13/h5-7,15H,1-4,8-9H2. The third-order valence-corrected chi connectivity index (χ3v) is 4.01. The fraction of sp³-hybridized carbons (Fsp3) is 0.538. The SMILES string of the molecule is O=C(c1cncc(F)c1)N1CCC2(CCNC2)C1.